The van der Waals surface area contributed by atoms with Crippen LogP contribution in [0.3, 0.4) is 0 Å². The number of hydrogen-bond acceptors (Lipinski definition) is 4. The van der Waals surface area contributed by atoms with Crippen molar-refractivity contribution in [3.63, 3.8) is 0 Å². The zero-order valence-corrected chi connectivity index (χ0v) is 15.3. The number of H-pyrrole nitrogens is 1. The van der Waals surface area contributed by atoms with Crippen LogP contribution in [0, 0.1) is 13.8 Å². The Morgan fingerprint density at radius 3 is 2.52 bits per heavy atom. The van der Waals surface area contributed by atoms with E-state index in [-0.39, 0.29) is 5.56 Å². The van der Waals surface area contributed by atoms with E-state index in [4.69, 9.17) is 4.74 Å². The van der Waals surface area contributed by atoms with E-state index in [1.54, 1.807) is 25.5 Å². The Bertz CT molecular complexity index is 1000. The zero-order chi connectivity index (χ0) is 18.1. The Balaban J connectivity index is 2.08. The van der Waals surface area contributed by atoms with E-state index in [0.717, 1.165) is 22.6 Å². The summed E-state index contributed by atoms with van der Waals surface area (Å²) in [7, 11) is 0.515. The number of nitrogens with one attached hydrogen (secondary N) is 1. The van der Waals surface area contributed by atoms with Gasteiger partial charge in [0.1, 0.15) is 5.75 Å². The molecule has 0 fully saturated rings. The number of rotatable bonds is 4. The molecule has 0 radical (unpaired) electrons. The molecule has 1 atom stereocenters. The summed E-state index contributed by atoms with van der Waals surface area (Å²) < 4.78 is 18.1. The number of hydrogen-bond donors (Lipinski definition) is 1. The largest absolute Gasteiger partial charge is 0.496 e. The highest BCUT2D eigenvalue weighted by Gasteiger charge is 2.16. The van der Waals surface area contributed by atoms with Crippen LogP contribution >= 0.6 is 0 Å². The molecule has 0 saturated carbocycles. The van der Waals surface area contributed by atoms with Crippen LogP contribution in [0.25, 0.3) is 16.9 Å². The lowest BCUT2D eigenvalue weighted by Gasteiger charge is -2.06. The first kappa shape index (κ1) is 17.2. The Morgan fingerprint density at radius 1 is 1.20 bits per heavy atom. The van der Waals surface area contributed by atoms with E-state index in [9.17, 15) is 9.00 Å². The van der Waals surface area contributed by atoms with Crippen molar-refractivity contribution in [1.29, 1.82) is 0 Å². The highest BCUT2D eigenvalue weighted by Crippen LogP contribution is 2.26. The highest BCUT2D eigenvalue weighted by atomic mass is 32.2. The summed E-state index contributed by atoms with van der Waals surface area (Å²) in [6.45, 7) is 3.79. The smallest absolute Gasteiger partial charge is 0.280 e. The number of nitrogens with zero attached hydrogens (tertiary/aromatic N) is 2. The van der Waals surface area contributed by atoms with Crippen molar-refractivity contribution in [1.82, 2.24) is 14.8 Å². The summed E-state index contributed by atoms with van der Waals surface area (Å²) in [5.74, 6) is 1.24. The van der Waals surface area contributed by atoms with Crippen LogP contribution in [0.5, 0.6) is 5.75 Å². The fraction of sp³-hybridized carbons (Fsp3) is 0.222. The zero-order valence-electron chi connectivity index (χ0n) is 14.5. The van der Waals surface area contributed by atoms with Gasteiger partial charge in [0.25, 0.3) is 5.56 Å². The lowest BCUT2D eigenvalue weighted by atomic mass is 10.0. The highest BCUT2D eigenvalue weighted by molar-refractivity contribution is 7.84. The summed E-state index contributed by atoms with van der Waals surface area (Å²) >= 11 is 0. The first-order valence-electron chi connectivity index (χ1n) is 7.69. The molecule has 0 aliphatic heterocycles. The van der Waals surface area contributed by atoms with Gasteiger partial charge < -0.3 is 4.74 Å². The van der Waals surface area contributed by atoms with Gasteiger partial charge in [-0.05, 0) is 49.2 Å². The van der Waals surface area contributed by atoms with Gasteiger partial charge in [-0.15, -0.1) is 0 Å². The van der Waals surface area contributed by atoms with Gasteiger partial charge in [-0.25, -0.2) is 9.67 Å². The molecule has 2 heterocycles. The first-order chi connectivity index (χ1) is 11.9. The van der Waals surface area contributed by atoms with E-state index in [1.807, 2.05) is 32.0 Å². The quantitative estimate of drug-likeness (QED) is 0.779. The molecule has 3 rings (SSSR count). The molecular weight excluding hydrogens is 338 g/mol. The van der Waals surface area contributed by atoms with Crippen molar-refractivity contribution in [3.05, 3.63) is 58.1 Å². The Kier molecular flexibility index (Phi) is 4.59. The Hall–Kier alpha value is -2.67. The van der Waals surface area contributed by atoms with Gasteiger partial charge >= 0.3 is 0 Å². The molecule has 1 N–H and O–H groups in total. The van der Waals surface area contributed by atoms with Gasteiger partial charge in [-0.3, -0.25) is 14.1 Å². The topological polar surface area (TPSA) is 77.0 Å². The van der Waals surface area contributed by atoms with Gasteiger partial charge in [0.15, 0.2) is 5.82 Å². The predicted octanol–water partition coefficient (Wildman–Crippen LogP) is 2.59. The van der Waals surface area contributed by atoms with E-state index in [1.165, 1.54) is 10.9 Å². The van der Waals surface area contributed by atoms with Crippen molar-refractivity contribution in [2.45, 2.75) is 18.7 Å². The molecule has 0 bridgehead atoms. The minimum absolute atomic E-state index is 0.181. The van der Waals surface area contributed by atoms with Crippen LogP contribution in [0.1, 0.15) is 11.3 Å². The fourth-order valence-corrected chi connectivity index (χ4v) is 3.22. The van der Waals surface area contributed by atoms with Crippen molar-refractivity contribution in [3.8, 4) is 22.7 Å². The third kappa shape index (κ3) is 3.15. The average molecular weight is 357 g/mol. The Morgan fingerprint density at radius 2 is 1.96 bits per heavy atom. The second-order valence-corrected chi connectivity index (χ2v) is 7.12. The third-order valence-electron chi connectivity index (χ3n) is 4.04. The maximum atomic E-state index is 12.9. The second-order valence-electron chi connectivity index (χ2n) is 5.74. The van der Waals surface area contributed by atoms with E-state index < -0.39 is 10.8 Å². The van der Waals surface area contributed by atoms with Gasteiger partial charge in [-0.2, -0.15) is 0 Å². The molecule has 0 amide bonds. The molecule has 3 aromatic rings. The minimum Gasteiger partial charge on any atom is -0.496 e. The number of methoxy groups -OCH3 is 1. The standard InChI is InChI=1S/C18H19N3O3S/c1-11-9-13(5-7-15(11)24-3)17-12(2)20-21(18(17)22)16-8-6-14(10-19-16)25(4)23/h5-10,20H,1-4H3. The molecule has 130 valence electrons. The monoisotopic (exact) mass is 357 g/mol. The SMILES string of the molecule is COc1ccc(-c2c(C)[nH]n(-c3ccc(S(C)=O)cn3)c2=O)cc1C. The predicted molar refractivity (Wildman–Crippen MR) is 98.0 cm³/mol. The molecule has 0 spiro atoms. The number of aryl methyl sites for hydroxylation is 2. The summed E-state index contributed by atoms with van der Waals surface area (Å²) in [6.07, 6.45) is 3.11. The molecule has 25 heavy (non-hydrogen) atoms. The van der Waals surface area contributed by atoms with Crippen LogP contribution in [0.4, 0.5) is 0 Å². The molecule has 7 heteroatoms. The number of aromatic nitrogens is 3. The molecule has 0 aliphatic rings. The number of aromatic amines is 1. The minimum atomic E-state index is -1.11. The lowest BCUT2D eigenvalue weighted by molar-refractivity contribution is 0.412. The summed E-state index contributed by atoms with van der Waals surface area (Å²) in [5, 5.41) is 3.06. The van der Waals surface area contributed by atoms with Gasteiger partial charge in [0, 0.05) is 18.1 Å². The van der Waals surface area contributed by atoms with Crippen LogP contribution in [0.15, 0.2) is 46.2 Å². The maximum absolute atomic E-state index is 12.9. The summed E-state index contributed by atoms with van der Waals surface area (Å²) in [6, 6.07) is 9.03. The van der Waals surface area contributed by atoms with Crippen molar-refractivity contribution in [2.24, 2.45) is 0 Å². The fourth-order valence-electron chi connectivity index (χ4n) is 2.76. The molecule has 6 nitrogen and oxygen atoms in total. The molecule has 1 aromatic carbocycles. The Labute approximate surface area is 147 Å². The molecule has 1 unspecified atom stereocenters. The molecule has 0 aliphatic carbocycles. The summed E-state index contributed by atoms with van der Waals surface area (Å²) in [4.78, 5) is 17.7. The number of pyridine rings is 1. The van der Waals surface area contributed by atoms with Crippen molar-refractivity contribution >= 4 is 10.8 Å². The molecule has 2 aromatic heterocycles. The first-order valence-corrected chi connectivity index (χ1v) is 9.24. The van der Waals surface area contributed by atoms with Crippen LogP contribution < -0.4 is 10.3 Å². The van der Waals surface area contributed by atoms with Crippen molar-refractivity contribution < 1.29 is 8.95 Å². The number of ether oxygens (including phenoxy) is 1. The summed E-state index contributed by atoms with van der Waals surface area (Å²) in [5.41, 5.74) is 2.94. The van der Waals surface area contributed by atoms with E-state index in [2.05, 4.69) is 10.1 Å². The maximum Gasteiger partial charge on any atom is 0.280 e. The van der Waals surface area contributed by atoms with Crippen LogP contribution in [-0.2, 0) is 10.8 Å². The average Bonchev–Trinajstić information content (AvgIpc) is 2.89. The van der Waals surface area contributed by atoms with Crippen LogP contribution in [-0.4, -0.2) is 32.3 Å². The van der Waals surface area contributed by atoms with Gasteiger partial charge in [0.05, 0.1) is 28.4 Å². The third-order valence-corrected chi connectivity index (χ3v) is 4.94. The lowest BCUT2D eigenvalue weighted by Crippen LogP contribution is -2.17. The molecular formula is C18H19N3O3S. The van der Waals surface area contributed by atoms with Crippen molar-refractivity contribution in [2.75, 3.05) is 13.4 Å². The normalized spacial score (nSPS) is 12.2. The van der Waals surface area contributed by atoms with Gasteiger partial charge in [-0.1, -0.05) is 6.07 Å². The van der Waals surface area contributed by atoms with Crippen LogP contribution in [0.2, 0.25) is 0 Å². The number of benzene rings is 1. The van der Waals surface area contributed by atoms with Gasteiger partial charge in [0.2, 0.25) is 0 Å². The van der Waals surface area contributed by atoms with E-state index >= 15 is 0 Å². The van der Waals surface area contributed by atoms with E-state index in [0.29, 0.717) is 16.3 Å². The second kappa shape index (κ2) is 6.68. The molecule has 0 saturated heterocycles.